The van der Waals surface area contributed by atoms with Gasteiger partial charge in [0.1, 0.15) is 5.82 Å². The maximum atomic E-state index is 12.9. The van der Waals surface area contributed by atoms with E-state index in [0.717, 1.165) is 12.5 Å². The van der Waals surface area contributed by atoms with Crippen LogP contribution in [0.15, 0.2) is 18.2 Å². The molecule has 1 unspecified atom stereocenters. The minimum absolute atomic E-state index is 0.0192. The van der Waals surface area contributed by atoms with Gasteiger partial charge in [0.15, 0.2) is 0 Å². The molecule has 1 aromatic carbocycles. The zero-order valence-corrected chi connectivity index (χ0v) is 9.83. The molecular formula is C10H11BrFNO2. The lowest BCUT2D eigenvalue weighted by atomic mass is 10.1. The number of rotatable bonds is 4. The lowest BCUT2D eigenvalue weighted by Crippen LogP contribution is -2.04. The van der Waals surface area contributed by atoms with Crippen LogP contribution in [0.1, 0.15) is 18.9 Å². The van der Waals surface area contributed by atoms with E-state index in [0.29, 0.717) is 12.0 Å². The largest absolute Gasteiger partial charge is 0.272 e. The molecule has 82 valence electrons. The number of nitrogens with zero attached hydrogens (tertiary/aromatic N) is 1. The van der Waals surface area contributed by atoms with Crippen molar-refractivity contribution >= 4 is 21.6 Å². The van der Waals surface area contributed by atoms with Crippen molar-refractivity contribution in [1.29, 1.82) is 0 Å². The number of halogens is 2. The van der Waals surface area contributed by atoms with Crippen LogP contribution in [0.25, 0.3) is 0 Å². The minimum Gasteiger partial charge on any atom is -0.258 e. The number of hydrogen-bond acceptors (Lipinski definition) is 2. The van der Waals surface area contributed by atoms with E-state index < -0.39 is 10.7 Å². The Kier molecular flexibility index (Phi) is 4.20. The van der Waals surface area contributed by atoms with E-state index in [-0.39, 0.29) is 10.5 Å². The number of benzene rings is 1. The van der Waals surface area contributed by atoms with Crippen LogP contribution in [0.3, 0.4) is 0 Å². The van der Waals surface area contributed by atoms with Crippen LogP contribution in [0.5, 0.6) is 0 Å². The van der Waals surface area contributed by atoms with Gasteiger partial charge in [0.25, 0.3) is 5.69 Å². The predicted molar refractivity (Wildman–Crippen MR) is 59.8 cm³/mol. The van der Waals surface area contributed by atoms with Crippen LogP contribution in [-0.4, -0.2) is 9.75 Å². The maximum Gasteiger partial charge on any atom is 0.272 e. The second-order valence-corrected chi connectivity index (χ2v) is 4.53. The molecule has 0 radical (unpaired) electrons. The molecule has 3 nitrogen and oxygen atoms in total. The Labute approximate surface area is 95.6 Å². The second kappa shape index (κ2) is 5.21. The van der Waals surface area contributed by atoms with E-state index in [1.807, 2.05) is 6.92 Å². The average molecular weight is 276 g/mol. The molecule has 0 heterocycles. The third kappa shape index (κ3) is 3.27. The van der Waals surface area contributed by atoms with Gasteiger partial charge in [-0.3, -0.25) is 10.1 Å². The Balaban J connectivity index is 3.02. The summed E-state index contributed by atoms with van der Waals surface area (Å²) in [5.74, 6) is -0.439. The number of nitro benzene ring substituents is 1. The maximum absolute atomic E-state index is 12.9. The highest BCUT2D eigenvalue weighted by atomic mass is 79.9. The van der Waals surface area contributed by atoms with Crippen LogP contribution in [0, 0.1) is 15.9 Å². The van der Waals surface area contributed by atoms with Crippen LogP contribution in [-0.2, 0) is 6.42 Å². The summed E-state index contributed by atoms with van der Waals surface area (Å²) in [5, 5.41) is 10.7. The van der Waals surface area contributed by atoms with Gasteiger partial charge in [-0.2, -0.15) is 0 Å². The average Bonchev–Trinajstić information content (AvgIpc) is 2.17. The Morgan fingerprint density at radius 2 is 2.27 bits per heavy atom. The summed E-state index contributed by atoms with van der Waals surface area (Å²) in [6, 6.07) is 3.54. The molecule has 1 rings (SSSR count). The highest BCUT2D eigenvalue weighted by Crippen LogP contribution is 2.23. The molecule has 0 N–H and O–H groups in total. The van der Waals surface area contributed by atoms with Gasteiger partial charge >= 0.3 is 0 Å². The van der Waals surface area contributed by atoms with Crippen molar-refractivity contribution < 1.29 is 9.31 Å². The van der Waals surface area contributed by atoms with E-state index in [1.54, 1.807) is 0 Å². The summed E-state index contributed by atoms with van der Waals surface area (Å²) in [6.07, 6.45) is 1.30. The van der Waals surface area contributed by atoms with Gasteiger partial charge in [0.2, 0.25) is 0 Å². The van der Waals surface area contributed by atoms with Crippen molar-refractivity contribution in [2.24, 2.45) is 0 Å². The number of nitro groups is 1. The molecule has 0 aliphatic carbocycles. The monoisotopic (exact) mass is 275 g/mol. The third-order valence-corrected chi connectivity index (χ3v) is 3.09. The molecule has 0 bridgehead atoms. The van der Waals surface area contributed by atoms with Crippen molar-refractivity contribution in [3.05, 3.63) is 39.7 Å². The quantitative estimate of drug-likeness (QED) is 0.480. The molecule has 0 amide bonds. The van der Waals surface area contributed by atoms with E-state index in [2.05, 4.69) is 15.9 Å². The van der Waals surface area contributed by atoms with Gasteiger partial charge in [0, 0.05) is 16.5 Å². The highest BCUT2D eigenvalue weighted by Gasteiger charge is 2.16. The molecule has 15 heavy (non-hydrogen) atoms. The standard InChI is InChI=1S/C10H11BrFNO2/c1-2-8(11)5-7-6-9(12)3-4-10(7)13(14)15/h3-4,6,8H,2,5H2,1H3. The molecule has 0 saturated heterocycles. The van der Waals surface area contributed by atoms with Crippen LogP contribution < -0.4 is 0 Å². The first-order valence-electron chi connectivity index (χ1n) is 4.61. The summed E-state index contributed by atoms with van der Waals surface area (Å²) in [5.41, 5.74) is 0.415. The summed E-state index contributed by atoms with van der Waals surface area (Å²) in [6.45, 7) is 1.96. The highest BCUT2D eigenvalue weighted by molar-refractivity contribution is 9.09. The Morgan fingerprint density at radius 1 is 1.60 bits per heavy atom. The molecule has 5 heteroatoms. The molecule has 0 aliphatic rings. The minimum atomic E-state index is -0.482. The zero-order chi connectivity index (χ0) is 11.4. The van der Waals surface area contributed by atoms with E-state index >= 15 is 0 Å². The van der Waals surface area contributed by atoms with Crippen LogP contribution >= 0.6 is 15.9 Å². The predicted octanol–water partition coefficient (Wildman–Crippen LogP) is 3.45. The van der Waals surface area contributed by atoms with Crippen molar-refractivity contribution in [2.75, 3.05) is 0 Å². The Hall–Kier alpha value is -0.970. The molecular weight excluding hydrogens is 265 g/mol. The first kappa shape index (κ1) is 12.1. The molecule has 0 saturated carbocycles. The lowest BCUT2D eigenvalue weighted by Gasteiger charge is -2.07. The molecule has 0 aromatic heterocycles. The van der Waals surface area contributed by atoms with Gasteiger partial charge < -0.3 is 0 Å². The molecule has 0 spiro atoms. The summed E-state index contributed by atoms with van der Waals surface area (Å²) in [7, 11) is 0. The summed E-state index contributed by atoms with van der Waals surface area (Å²) < 4.78 is 12.9. The fraction of sp³-hybridized carbons (Fsp3) is 0.400. The SMILES string of the molecule is CCC(Br)Cc1cc(F)ccc1[N+](=O)[O-]. The number of alkyl halides is 1. The van der Waals surface area contributed by atoms with Crippen LogP contribution in [0.4, 0.5) is 10.1 Å². The van der Waals surface area contributed by atoms with Crippen molar-refractivity contribution in [2.45, 2.75) is 24.6 Å². The normalized spacial score (nSPS) is 12.5. The van der Waals surface area contributed by atoms with E-state index in [1.165, 1.54) is 12.1 Å². The summed E-state index contributed by atoms with van der Waals surface area (Å²) in [4.78, 5) is 10.3. The lowest BCUT2D eigenvalue weighted by molar-refractivity contribution is -0.385. The van der Waals surface area contributed by atoms with E-state index in [4.69, 9.17) is 0 Å². The van der Waals surface area contributed by atoms with Crippen molar-refractivity contribution in [3.8, 4) is 0 Å². The van der Waals surface area contributed by atoms with Gasteiger partial charge in [-0.1, -0.05) is 22.9 Å². The topological polar surface area (TPSA) is 43.1 Å². The zero-order valence-electron chi connectivity index (χ0n) is 8.24. The Bertz CT molecular complexity index is 370. The van der Waals surface area contributed by atoms with E-state index in [9.17, 15) is 14.5 Å². The molecule has 0 aliphatic heterocycles. The van der Waals surface area contributed by atoms with Crippen molar-refractivity contribution in [3.63, 3.8) is 0 Å². The van der Waals surface area contributed by atoms with Gasteiger partial charge in [-0.15, -0.1) is 0 Å². The molecule has 1 atom stereocenters. The molecule has 1 aromatic rings. The molecule has 0 fully saturated rings. The Morgan fingerprint density at radius 3 is 2.80 bits per heavy atom. The first-order valence-corrected chi connectivity index (χ1v) is 5.53. The third-order valence-electron chi connectivity index (χ3n) is 2.12. The van der Waals surface area contributed by atoms with Crippen LogP contribution in [0.2, 0.25) is 0 Å². The fourth-order valence-corrected chi connectivity index (χ4v) is 1.63. The number of hydrogen-bond donors (Lipinski definition) is 0. The van der Waals surface area contributed by atoms with Crippen molar-refractivity contribution in [1.82, 2.24) is 0 Å². The smallest absolute Gasteiger partial charge is 0.258 e. The second-order valence-electron chi connectivity index (χ2n) is 3.24. The summed E-state index contributed by atoms with van der Waals surface area (Å²) >= 11 is 3.38. The first-order chi connectivity index (χ1) is 7.04. The van der Waals surface area contributed by atoms with Gasteiger partial charge in [0.05, 0.1) is 4.92 Å². The fourth-order valence-electron chi connectivity index (χ4n) is 1.28. The van der Waals surface area contributed by atoms with Gasteiger partial charge in [-0.05, 0) is 25.0 Å². The van der Waals surface area contributed by atoms with Gasteiger partial charge in [-0.25, -0.2) is 4.39 Å².